The lowest BCUT2D eigenvalue weighted by molar-refractivity contribution is 0.409. The van der Waals surface area contributed by atoms with Crippen molar-refractivity contribution in [3.8, 4) is 0 Å². The van der Waals surface area contributed by atoms with E-state index in [1.165, 1.54) is 18.2 Å². The molecule has 2 aromatic carbocycles. The quantitative estimate of drug-likeness (QED) is 0.790. The Morgan fingerprint density at radius 3 is 2.61 bits per heavy atom. The topological polar surface area (TPSA) is 55.6 Å². The smallest absolute Gasteiger partial charge is 0.243 e. The van der Waals surface area contributed by atoms with Crippen LogP contribution >= 0.6 is 0 Å². The van der Waals surface area contributed by atoms with Crippen LogP contribution in [0.1, 0.15) is 29.6 Å². The van der Waals surface area contributed by atoms with E-state index in [0.717, 1.165) is 5.56 Å². The highest BCUT2D eigenvalue weighted by atomic mass is 19.1. The first-order valence-corrected chi connectivity index (χ1v) is 7.26. The molecule has 1 N–H and O–H groups in total. The molecule has 116 valence electrons. The molecule has 1 aliphatic rings. The Kier molecular flexibility index (Phi) is 3.25. The largest absolute Gasteiger partial charge is 0.346 e. The van der Waals surface area contributed by atoms with E-state index >= 15 is 0 Å². The van der Waals surface area contributed by atoms with Crippen molar-refractivity contribution in [3.63, 3.8) is 0 Å². The standard InChI is InChI=1S/C16H13F2N5/c17-11-7-5-10(6-8-11)14-9-15(12-3-1-2-4-13(12)18)23-16(19-14)20-21-22-23/h1-8,14-15H,9H2,(H,19,20,22)/t14-,15-/m0/s1. The van der Waals surface area contributed by atoms with Gasteiger partial charge in [-0.1, -0.05) is 35.4 Å². The molecule has 1 aromatic heterocycles. The van der Waals surface area contributed by atoms with Crippen LogP contribution < -0.4 is 5.32 Å². The van der Waals surface area contributed by atoms with Gasteiger partial charge < -0.3 is 5.32 Å². The van der Waals surface area contributed by atoms with Crippen LogP contribution in [-0.2, 0) is 0 Å². The molecule has 0 aliphatic carbocycles. The predicted molar refractivity (Wildman–Crippen MR) is 79.7 cm³/mol. The minimum atomic E-state index is -0.322. The number of aromatic nitrogens is 4. The van der Waals surface area contributed by atoms with Crippen LogP contribution in [0.15, 0.2) is 48.5 Å². The predicted octanol–water partition coefficient (Wildman–Crippen LogP) is 3.10. The molecular formula is C16H13F2N5. The average molecular weight is 313 g/mol. The minimum Gasteiger partial charge on any atom is -0.346 e. The third-order valence-corrected chi connectivity index (χ3v) is 4.09. The second kappa shape index (κ2) is 5.42. The number of tetrazole rings is 1. The maximum Gasteiger partial charge on any atom is 0.243 e. The van der Waals surface area contributed by atoms with Crippen molar-refractivity contribution in [3.05, 3.63) is 71.3 Å². The van der Waals surface area contributed by atoms with Gasteiger partial charge in [-0.25, -0.2) is 13.5 Å². The van der Waals surface area contributed by atoms with Gasteiger partial charge in [-0.05, 0) is 40.6 Å². The van der Waals surface area contributed by atoms with Gasteiger partial charge in [0, 0.05) is 5.56 Å². The summed E-state index contributed by atoms with van der Waals surface area (Å²) in [6.45, 7) is 0. The summed E-state index contributed by atoms with van der Waals surface area (Å²) in [5, 5.41) is 14.8. The first-order chi connectivity index (χ1) is 11.2. The number of nitrogens with one attached hydrogen (secondary N) is 1. The Balaban J connectivity index is 1.75. The molecule has 2 heterocycles. The van der Waals surface area contributed by atoms with E-state index in [0.29, 0.717) is 17.9 Å². The zero-order valence-corrected chi connectivity index (χ0v) is 12.0. The lowest BCUT2D eigenvalue weighted by Crippen LogP contribution is -2.28. The zero-order chi connectivity index (χ0) is 15.8. The van der Waals surface area contributed by atoms with Crippen LogP contribution in [0, 0.1) is 11.6 Å². The van der Waals surface area contributed by atoms with Crippen molar-refractivity contribution in [2.45, 2.75) is 18.5 Å². The number of fused-ring (bicyclic) bond motifs is 1. The molecule has 1 aliphatic heterocycles. The second-order valence-corrected chi connectivity index (χ2v) is 5.47. The molecule has 0 amide bonds. The van der Waals surface area contributed by atoms with E-state index in [-0.39, 0.29) is 23.7 Å². The van der Waals surface area contributed by atoms with Crippen LogP contribution in [0.3, 0.4) is 0 Å². The highest BCUT2D eigenvalue weighted by Gasteiger charge is 2.31. The van der Waals surface area contributed by atoms with Gasteiger partial charge in [0.15, 0.2) is 0 Å². The van der Waals surface area contributed by atoms with Crippen LogP contribution in [0.4, 0.5) is 14.7 Å². The summed E-state index contributed by atoms with van der Waals surface area (Å²) in [6.07, 6.45) is 0.560. The summed E-state index contributed by atoms with van der Waals surface area (Å²) in [4.78, 5) is 0. The molecular weight excluding hydrogens is 300 g/mol. The van der Waals surface area contributed by atoms with E-state index in [2.05, 4.69) is 20.8 Å². The maximum absolute atomic E-state index is 14.2. The normalized spacial score (nSPS) is 19.9. The first kappa shape index (κ1) is 13.8. The molecule has 0 unspecified atom stereocenters. The fourth-order valence-corrected chi connectivity index (χ4v) is 2.96. The van der Waals surface area contributed by atoms with Crippen LogP contribution in [0.2, 0.25) is 0 Å². The number of rotatable bonds is 2. The molecule has 4 rings (SSSR count). The summed E-state index contributed by atoms with van der Waals surface area (Å²) in [7, 11) is 0. The van der Waals surface area contributed by atoms with Crippen molar-refractivity contribution in [1.29, 1.82) is 0 Å². The molecule has 2 atom stereocenters. The molecule has 0 fully saturated rings. The maximum atomic E-state index is 14.2. The molecule has 0 saturated heterocycles. The molecule has 0 saturated carbocycles. The van der Waals surface area contributed by atoms with E-state index in [1.807, 2.05) is 0 Å². The number of hydrogen-bond acceptors (Lipinski definition) is 4. The average Bonchev–Trinajstić information content (AvgIpc) is 3.04. The molecule has 23 heavy (non-hydrogen) atoms. The Morgan fingerprint density at radius 1 is 1.04 bits per heavy atom. The molecule has 7 heteroatoms. The third-order valence-electron chi connectivity index (χ3n) is 4.09. The van der Waals surface area contributed by atoms with Crippen LogP contribution in [0.5, 0.6) is 0 Å². The van der Waals surface area contributed by atoms with Gasteiger partial charge in [0.1, 0.15) is 11.6 Å². The number of benzene rings is 2. The SMILES string of the molecule is Fc1ccc([C@@H]2C[C@@H](c3ccccc3F)n3nnnc3N2)cc1. The van der Waals surface area contributed by atoms with E-state index in [9.17, 15) is 8.78 Å². The van der Waals surface area contributed by atoms with Gasteiger partial charge in [-0.15, -0.1) is 0 Å². The first-order valence-electron chi connectivity index (χ1n) is 7.26. The molecule has 5 nitrogen and oxygen atoms in total. The Hall–Kier alpha value is -2.83. The second-order valence-electron chi connectivity index (χ2n) is 5.47. The Bertz CT molecular complexity index is 830. The van der Waals surface area contributed by atoms with E-state index in [4.69, 9.17) is 0 Å². The molecule has 0 bridgehead atoms. The zero-order valence-electron chi connectivity index (χ0n) is 12.0. The van der Waals surface area contributed by atoms with Gasteiger partial charge in [-0.2, -0.15) is 0 Å². The van der Waals surface area contributed by atoms with Gasteiger partial charge >= 0.3 is 0 Å². The molecule has 3 aromatic rings. The van der Waals surface area contributed by atoms with Gasteiger partial charge in [-0.3, -0.25) is 0 Å². The number of hydrogen-bond donors (Lipinski definition) is 1. The Morgan fingerprint density at radius 2 is 1.83 bits per heavy atom. The van der Waals surface area contributed by atoms with Crippen molar-refractivity contribution >= 4 is 5.95 Å². The summed E-state index contributed by atoms with van der Waals surface area (Å²) in [5.41, 5.74) is 1.44. The van der Waals surface area contributed by atoms with Crippen molar-refractivity contribution < 1.29 is 8.78 Å². The van der Waals surface area contributed by atoms with Crippen LogP contribution in [-0.4, -0.2) is 20.2 Å². The third kappa shape index (κ3) is 2.44. The van der Waals surface area contributed by atoms with E-state index < -0.39 is 0 Å². The minimum absolute atomic E-state index is 0.126. The summed E-state index contributed by atoms with van der Waals surface area (Å²) in [5.74, 6) is -0.113. The van der Waals surface area contributed by atoms with Crippen LogP contribution in [0.25, 0.3) is 0 Å². The van der Waals surface area contributed by atoms with Gasteiger partial charge in [0.2, 0.25) is 5.95 Å². The molecule has 0 spiro atoms. The van der Waals surface area contributed by atoms with Crippen molar-refractivity contribution in [1.82, 2.24) is 20.2 Å². The van der Waals surface area contributed by atoms with Crippen molar-refractivity contribution in [2.75, 3.05) is 5.32 Å². The van der Waals surface area contributed by atoms with Gasteiger partial charge in [0.05, 0.1) is 12.1 Å². The monoisotopic (exact) mass is 313 g/mol. The lowest BCUT2D eigenvalue weighted by atomic mass is 9.93. The fraction of sp³-hybridized carbons (Fsp3) is 0.188. The fourth-order valence-electron chi connectivity index (χ4n) is 2.96. The number of halogens is 2. The highest BCUT2D eigenvalue weighted by Crippen LogP contribution is 2.37. The summed E-state index contributed by atoms with van der Waals surface area (Å²) >= 11 is 0. The lowest BCUT2D eigenvalue weighted by Gasteiger charge is -2.31. The molecule has 0 radical (unpaired) electrons. The highest BCUT2D eigenvalue weighted by molar-refractivity contribution is 5.37. The summed E-state index contributed by atoms with van der Waals surface area (Å²) in [6, 6.07) is 12.4. The van der Waals surface area contributed by atoms with Gasteiger partial charge in [0.25, 0.3) is 0 Å². The Labute approximate surface area is 130 Å². The van der Waals surface area contributed by atoms with Crippen molar-refractivity contribution in [2.24, 2.45) is 0 Å². The number of anilines is 1. The number of nitrogens with zero attached hydrogens (tertiary/aromatic N) is 4. The summed E-state index contributed by atoms with van der Waals surface area (Å²) < 4.78 is 28.9. The van der Waals surface area contributed by atoms with E-state index in [1.54, 1.807) is 35.0 Å².